The third-order valence-electron chi connectivity index (χ3n) is 5.41. The fourth-order valence-corrected chi connectivity index (χ4v) is 3.72. The lowest BCUT2D eigenvalue weighted by molar-refractivity contribution is 0.0344. The van der Waals surface area contributed by atoms with E-state index in [-0.39, 0.29) is 12.1 Å². The molecule has 1 atom stereocenters. The lowest BCUT2D eigenvalue weighted by Crippen LogP contribution is -2.21. The predicted octanol–water partition coefficient (Wildman–Crippen LogP) is 2.89. The number of aromatic nitrogens is 6. The third-order valence-corrected chi connectivity index (χ3v) is 5.41. The highest BCUT2D eigenvalue weighted by Crippen LogP contribution is 2.18. The van der Waals surface area contributed by atoms with Gasteiger partial charge < -0.3 is 15.4 Å². The number of pyridine rings is 2. The molecule has 0 aliphatic carbocycles. The zero-order chi connectivity index (χ0) is 24.0. The van der Waals surface area contributed by atoms with E-state index >= 15 is 0 Å². The monoisotopic (exact) mass is 468 g/mol. The third kappa shape index (κ3) is 5.79. The number of ether oxygens (including phenoxy) is 1. The van der Waals surface area contributed by atoms with Crippen LogP contribution in [0, 0.1) is 6.92 Å². The zero-order valence-corrected chi connectivity index (χ0v) is 19.2. The van der Waals surface area contributed by atoms with Crippen molar-refractivity contribution >= 4 is 17.6 Å². The second-order valence-corrected chi connectivity index (χ2v) is 8.15. The highest BCUT2D eigenvalue weighted by Gasteiger charge is 2.20. The summed E-state index contributed by atoms with van der Waals surface area (Å²) in [5.74, 6) is 1.91. The van der Waals surface area contributed by atoms with E-state index in [1.165, 1.54) is 0 Å². The molecule has 1 aliphatic rings. The highest BCUT2D eigenvalue weighted by molar-refractivity contribution is 5.89. The average molecular weight is 469 g/mol. The van der Waals surface area contributed by atoms with Crippen molar-refractivity contribution in [2.24, 2.45) is 0 Å². The Bertz CT molecular complexity index is 1340. The minimum Gasteiger partial charge on any atom is -0.457 e. The Hall–Kier alpha value is -4.31. The Kier molecular flexibility index (Phi) is 6.62. The summed E-state index contributed by atoms with van der Waals surface area (Å²) in [6.45, 7) is 3.47. The molecule has 0 unspecified atom stereocenters. The molecule has 5 heterocycles. The fraction of sp³-hybridized carbons (Fsp3) is 0.240. The van der Waals surface area contributed by atoms with Crippen LogP contribution in [0.3, 0.4) is 0 Å². The second kappa shape index (κ2) is 10.3. The van der Waals surface area contributed by atoms with Crippen LogP contribution in [-0.2, 0) is 11.2 Å². The summed E-state index contributed by atoms with van der Waals surface area (Å²) in [5, 5.41) is 6.38. The number of hydrogen-bond donors (Lipinski definition) is 2. The van der Waals surface area contributed by atoms with Crippen LogP contribution in [0.15, 0.2) is 61.1 Å². The van der Waals surface area contributed by atoms with Crippen molar-refractivity contribution in [1.82, 2.24) is 35.2 Å². The number of esters is 1. The van der Waals surface area contributed by atoms with Crippen molar-refractivity contribution in [3.8, 4) is 11.5 Å². The standard InChI is InChI=1S/C25H24N8O2/c1-16-3-2-4-20(30-16)24-29-12-8-22(33-24)31-21-7-11-28-23(32-21)14-18-13-17(5-10-27-18)25(34)35-19-6-9-26-15-19/h2-5,7-8,10-13,19,26H,6,9,14-15H2,1H3,(H,28,29,31,32,33)/t19-/m1/s1. The Morgan fingerprint density at radius 2 is 1.86 bits per heavy atom. The Balaban J connectivity index is 1.28. The summed E-state index contributed by atoms with van der Waals surface area (Å²) in [5.41, 5.74) is 2.74. The minimum atomic E-state index is -0.346. The summed E-state index contributed by atoms with van der Waals surface area (Å²) < 4.78 is 5.55. The molecule has 0 aromatic carbocycles. The van der Waals surface area contributed by atoms with Crippen molar-refractivity contribution in [1.29, 1.82) is 0 Å². The van der Waals surface area contributed by atoms with Gasteiger partial charge >= 0.3 is 5.97 Å². The van der Waals surface area contributed by atoms with Gasteiger partial charge in [-0.05, 0) is 56.3 Å². The van der Waals surface area contributed by atoms with Gasteiger partial charge in [0, 0.05) is 36.5 Å². The molecule has 2 N–H and O–H groups in total. The molecule has 1 aliphatic heterocycles. The molecule has 0 spiro atoms. The Labute approximate surface area is 202 Å². The molecule has 35 heavy (non-hydrogen) atoms. The molecule has 5 rings (SSSR count). The molecule has 4 aromatic rings. The number of carbonyl (C=O) groups excluding carboxylic acids is 1. The van der Waals surface area contributed by atoms with E-state index in [9.17, 15) is 4.79 Å². The number of nitrogens with one attached hydrogen (secondary N) is 2. The van der Waals surface area contributed by atoms with Crippen LogP contribution in [0.25, 0.3) is 11.5 Å². The zero-order valence-electron chi connectivity index (χ0n) is 19.2. The van der Waals surface area contributed by atoms with Crippen molar-refractivity contribution in [3.63, 3.8) is 0 Å². The number of carbonyl (C=O) groups is 1. The topological polar surface area (TPSA) is 128 Å². The van der Waals surface area contributed by atoms with Gasteiger partial charge in [-0.3, -0.25) is 4.98 Å². The van der Waals surface area contributed by atoms with Crippen LogP contribution >= 0.6 is 0 Å². The molecular weight excluding hydrogens is 444 g/mol. The number of aryl methyl sites for hydroxylation is 1. The number of nitrogens with zero attached hydrogens (tertiary/aromatic N) is 6. The van der Waals surface area contributed by atoms with Crippen LogP contribution in [-0.4, -0.2) is 55.1 Å². The summed E-state index contributed by atoms with van der Waals surface area (Å²) in [6.07, 6.45) is 6.04. The first-order valence-corrected chi connectivity index (χ1v) is 11.3. The normalized spacial score (nSPS) is 15.1. The molecule has 0 saturated carbocycles. The van der Waals surface area contributed by atoms with Gasteiger partial charge in [0.1, 0.15) is 29.3 Å². The molecule has 10 heteroatoms. The fourth-order valence-electron chi connectivity index (χ4n) is 3.72. The molecule has 10 nitrogen and oxygen atoms in total. The molecule has 4 aromatic heterocycles. The van der Waals surface area contributed by atoms with E-state index < -0.39 is 0 Å². The van der Waals surface area contributed by atoms with Crippen molar-refractivity contribution in [2.75, 3.05) is 18.4 Å². The Morgan fingerprint density at radius 1 is 1.03 bits per heavy atom. The minimum absolute atomic E-state index is 0.0887. The molecule has 0 amide bonds. The van der Waals surface area contributed by atoms with Crippen molar-refractivity contribution in [2.45, 2.75) is 25.9 Å². The predicted molar refractivity (Wildman–Crippen MR) is 129 cm³/mol. The summed E-state index contributed by atoms with van der Waals surface area (Å²) in [6, 6.07) is 12.6. The Morgan fingerprint density at radius 3 is 2.69 bits per heavy atom. The van der Waals surface area contributed by atoms with Crippen molar-refractivity contribution < 1.29 is 9.53 Å². The van der Waals surface area contributed by atoms with Gasteiger partial charge in [0.05, 0.1) is 12.0 Å². The van der Waals surface area contributed by atoms with Gasteiger partial charge in [-0.2, -0.15) is 0 Å². The van der Waals surface area contributed by atoms with Gasteiger partial charge in [-0.15, -0.1) is 0 Å². The van der Waals surface area contributed by atoms with E-state index in [1.807, 2.05) is 25.1 Å². The lowest BCUT2D eigenvalue weighted by atomic mass is 10.2. The maximum absolute atomic E-state index is 12.5. The number of anilines is 2. The van der Waals surface area contributed by atoms with Gasteiger partial charge in [0.25, 0.3) is 0 Å². The van der Waals surface area contributed by atoms with E-state index in [1.54, 1.807) is 42.9 Å². The van der Waals surface area contributed by atoms with Crippen LogP contribution in [0.1, 0.15) is 34.0 Å². The molecular formula is C25H24N8O2. The van der Waals surface area contributed by atoms with Gasteiger partial charge in [0.2, 0.25) is 0 Å². The lowest BCUT2D eigenvalue weighted by Gasteiger charge is -2.11. The summed E-state index contributed by atoms with van der Waals surface area (Å²) in [4.78, 5) is 39.1. The first kappa shape index (κ1) is 22.5. The maximum Gasteiger partial charge on any atom is 0.338 e. The smallest absolute Gasteiger partial charge is 0.338 e. The number of rotatable bonds is 7. The van der Waals surface area contributed by atoms with Gasteiger partial charge in [-0.25, -0.2) is 29.7 Å². The van der Waals surface area contributed by atoms with Crippen molar-refractivity contribution in [3.05, 3.63) is 83.8 Å². The summed E-state index contributed by atoms with van der Waals surface area (Å²) in [7, 11) is 0. The largest absolute Gasteiger partial charge is 0.457 e. The van der Waals surface area contributed by atoms with E-state index in [0.717, 1.165) is 18.7 Å². The van der Waals surface area contributed by atoms with Crippen LogP contribution in [0.2, 0.25) is 0 Å². The van der Waals surface area contributed by atoms with Crippen LogP contribution < -0.4 is 10.6 Å². The SMILES string of the molecule is Cc1cccc(-c2nccc(Nc3ccnc(Cc4cc(C(=O)O[C@@H]5CCNC5)ccn4)n3)n2)n1. The van der Waals surface area contributed by atoms with E-state index in [4.69, 9.17) is 4.74 Å². The van der Waals surface area contributed by atoms with Gasteiger partial charge in [-0.1, -0.05) is 6.07 Å². The first-order chi connectivity index (χ1) is 17.1. The average Bonchev–Trinajstić information content (AvgIpc) is 3.38. The maximum atomic E-state index is 12.5. The summed E-state index contributed by atoms with van der Waals surface area (Å²) >= 11 is 0. The molecule has 1 saturated heterocycles. The number of hydrogen-bond acceptors (Lipinski definition) is 10. The van der Waals surface area contributed by atoms with Gasteiger partial charge in [0.15, 0.2) is 5.82 Å². The molecule has 1 fully saturated rings. The van der Waals surface area contributed by atoms with Crippen LogP contribution in [0.5, 0.6) is 0 Å². The second-order valence-electron chi connectivity index (χ2n) is 8.15. The molecule has 0 bridgehead atoms. The van der Waals surface area contributed by atoms with E-state index in [0.29, 0.717) is 53.2 Å². The quantitative estimate of drug-likeness (QED) is 0.391. The van der Waals surface area contributed by atoms with E-state index in [2.05, 4.69) is 40.5 Å². The molecule has 0 radical (unpaired) electrons. The first-order valence-electron chi connectivity index (χ1n) is 11.3. The highest BCUT2D eigenvalue weighted by atomic mass is 16.5. The van der Waals surface area contributed by atoms with Crippen LogP contribution in [0.4, 0.5) is 11.6 Å². The molecule has 176 valence electrons.